The fourth-order valence-corrected chi connectivity index (χ4v) is 1.63. The van der Waals surface area contributed by atoms with E-state index in [2.05, 4.69) is 20.8 Å². The van der Waals surface area contributed by atoms with E-state index in [1.54, 1.807) is 20.8 Å². The van der Waals surface area contributed by atoms with Crippen molar-refractivity contribution < 1.29 is 15.0 Å². The number of rotatable bonds is 5. The highest BCUT2D eigenvalue weighted by atomic mass is 16.3. The molecule has 0 saturated carbocycles. The van der Waals surface area contributed by atoms with Crippen molar-refractivity contribution in [3.05, 3.63) is 0 Å². The van der Waals surface area contributed by atoms with Gasteiger partial charge in [-0.2, -0.15) is 0 Å². The maximum absolute atomic E-state index is 11.9. The number of aliphatic hydroxyl groups excluding tert-OH is 2. The Morgan fingerprint density at radius 3 is 1.88 bits per heavy atom. The van der Waals surface area contributed by atoms with Gasteiger partial charge in [0, 0.05) is 17.9 Å². The van der Waals surface area contributed by atoms with E-state index in [1.807, 2.05) is 0 Å². The van der Waals surface area contributed by atoms with Gasteiger partial charge in [0.05, 0.1) is 0 Å². The first-order valence-electron chi connectivity index (χ1n) is 6.32. The lowest BCUT2D eigenvalue weighted by molar-refractivity contribution is -0.139. The third-order valence-electron chi connectivity index (χ3n) is 2.95. The van der Waals surface area contributed by atoms with Crippen LogP contribution in [0.1, 0.15) is 54.4 Å². The van der Waals surface area contributed by atoms with E-state index in [1.165, 1.54) is 0 Å². The Balaban J connectivity index is 4.52. The lowest BCUT2D eigenvalue weighted by atomic mass is 9.79. The van der Waals surface area contributed by atoms with Crippen LogP contribution >= 0.6 is 0 Å². The Hall–Kier alpha value is -0.410. The molecule has 2 N–H and O–H groups in total. The number of aliphatic hydroxyl groups is 2. The lowest BCUT2D eigenvalue weighted by Crippen LogP contribution is -2.39. The number of hydrogen-bond donors (Lipinski definition) is 2. The summed E-state index contributed by atoms with van der Waals surface area (Å²) in [6.45, 7) is 11.6. The van der Waals surface area contributed by atoms with Crippen LogP contribution in [-0.2, 0) is 4.79 Å². The molecule has 3 nitrogen and oxygen atoms in total. The molecule has 3 heteroatoms. The molecule has 0 unspecified atom stereocenters. The Bertz CT molecular complexity index is 245. The van der Waals surface area contributed by atoms with Crippen LogP contribution in [0.15, 0.2) is 0 Å². The van der Waals surface area contributed by atoms with Crippen LogP contribution in [0.4, 0.5) is 0 Å². The van der Waals surface area contributed by atoms with Crippen LogP contribution in [0.3, 0.4) is 0 Å². The molecule has 2 atom stereocenters. The second-order valence-electron chi connectivity index (χ2n) is 7.10. The highest BCUT2D eigenvalue weighted by Gasteiger charge is 2.33. The van der Waals surface area contributed by atoms with E-state index >= 15 is 0 Å². The van der Waals surface area contributed by atoms with Crippen LogP contribution < -0.4 is 0 Å². The second-order valence-corrected chi connectivity index (χ2v) is 7.10. The van der Waals surface area contributed by atoms with Crippen LogP contribution in [0, 0.1) is 16.7 Å². The highest BCUT2D eigenvalue weighted by molar-refractivity contribution is 5.87. The van der Waals surface area contributed by atoms with Crippen molar-refractivity contribution >= 4 is 5.78 Å². The summed E-state index contributed by atoms with van der Waals surface area (Å²) in [6, 6.07) is 0. The Kier molecular flexibility index (Phi) is 5.82. The van der Waals surface area contributed by atoms with Crippen molar-refractivity contribution in [1.82, 2.24) is 0 Å². The molecule has 102 valence electrons. The topological polar surface area (TPSA) is 57.5 Å². The maximum Gasteiger partial charge on any atom is 0.166 e. The Labute approximate surface area is 105 Å². The molecule has 0 aromatic rings. The van der Waals surface area contributed by atoms with Crippen LogP contribution in [0.5, 0.6) is 0 Å². The van der Waals surface area contributed by atoms with Gasteiger partial charge in [0.25, 0.3) is 0 Å². The number of carbonyl (C=O) groups excluding carboxylic acids is 1. The Morgan fingerprint density at radius 2 is 1.59 bits per heavy atom. The van der Waals surface area contributed by atoms with E-state index < -0.39 is 11.5 Å². The molecule has 0 saturated heterocycles. The minimum atomic E-state index is -1.05. The largest absolute Gasteiger partial charge is 0.396 e. The van der Waals surface area contributed by atoms with Gasteiger partial charge in [-0.05, 0) is 18.3 Å². The van der Waals surface area contributed by atoms with Gasteiger partial charge in [-0.25, -0.2) is 0 Å². The van der Waals surface area contributed by atoms with Gasteiger partial charge in [-0.1, -0.05) is 41.5 Å². The summed E-state index contributed by atoms with van der Waals surface area (Å²) in [5.41, 5.74) is -0.410. The summed E-state index contributed by atoms with van der Waals surface area (Å²) in [6.07, 6.45) is 0.498. The van der Waals surface area contributed by atoms with Gasteiger partial charge in [0.15, 0.2) is 5.78 Å². The first-order chi connectivity index (χ1) is 7.49. The average Bonchev–Trinajstić information content (AvgIpc) is 2.14. The summed E-state index contributed by atoms with van der Waals surface area (Å²) in [7, 11) is 0. The van der Waals surface area contributed by atoms with Crippen molar-refractivity contribution in [1.29, 1.82) is 0 Å². The molecule has 0 amide bonds. The molecule has 0 spiro atoms. The summed E-state index contributed by atoms with van der Waals surface area (Å²) in [5.74, 6) is -0.536. The summed E-state index contributed by atoms with van der Waals surface area (Å²) in [4.78, 5) is 11.9. The van der Waals surface area contributed by atoms with Crippen molar-refractivity contribution in [3.8, 4) is 0 Å². The normalized spacial score (nSPS) is 16.7. The minimum absolute atomic E-state index is 0.140. The van der Waals surface area contributed by atoms with Gasteiger partial charge in [0.1, 0.15) is 6.10 Å². The number of Topliss-reactive ketones (excluding diaryl/α,β-unsaturated/α-hetero) is 1. The zero-order valence-electron chi connectivity index (χ0n) is 12.1. The predicted octanol–water partition coefficient (Wildman–Crippen LogP) is 2.40. The van der Waals surface area contributed by atoms with E-state index in [0.717, 1.165) is 6.42 Å². The monoisotopic (exact) mass is 244 g/mol. The predicted molar refractivity (Wildman–Crippen MR) is 69.7 cm³/mol. The lowest BCUT2D eigenvalue weighted by Gasteiger charge is -2.28. The Morgan fingerprint density at radius 1 is 1.12 bits per heavy atom. The fraction of sp³-hybridized carbons (Fsp3) is 0.929. The number of ketones is 1. The summed E-state index contributed by atoms with van der Waals surface area (Å²) in [5, 5.41) is 19.3. The van der Waals surface area contributed by atoms with E-state index in [9.17, 15) is 15.0 Å². The zero-order chi connectivity index (χ0) is 13.9. The van der Waals surface area contributed by atoms with Crippen molar-refractivity contribution in [2.75, 3.05) is 6.61 Å². The van der Waals surface area contributed by atoms with Gasteiger partial charge >= 0.3 is 0 Å². The van der Waals surface area contributed by atoms with Crippen LogP contribution in [-0.4, -0.2) is 28.7 Å². The molecular formula is C14H28O3. The standard InChI is InChI=1S/C14H28O3/c1-13(2,3)8-7-10(9-15)11(16)12(17)14(4,5)6/h10-11,15-16H,7-9H2,1-6H3/t10-,11-/m1/s1. The third kappa shape index (κ3) is 6.18. The van der Waals surface area contributed by atoms with Gasteiger partial charge in [-0.3, -0.25) is 4.79 Å². The second kappa shape index (κ2) is 5.96. The smallest absolute Gasteiger partial charge is 0.166 e. The average molecular weight is 244 g/mol. The van der Waals surface area contributed by atoms with E-state index in [0.29, 0.717) is 6.42 Å². The van der Waals surface area contributed by atoms with Crippen molar-refractivity contribution in [3.63, 3.8) is 0 Å². The molecule has 0 aliphatic carbocycles. The molecule has 0 aromatic heterocycles. The third-order valence-corrected chi connectivity index (χ3v) is 2.95. The SMILES string of the molecule is CC(C)(C)CC[C@H](CO)[C@@H](O)C(=O)C(C)(C)C. The van der Waals surface area contributed by atoms with Gasteiger partial charge in [-0.15, -0.1) is 0 Å². The molecule has 0 radical (unpaired) electrons. The quantitative estimate of drug-likeness (QED) is 0.780. The molecule has 0 fully saturated rings. The minimum Gasteiger partial charge on any atom is -0.396 e. The molecule has 0 heterocycles. The molecule has 0 aliphatic rings. The van der Waals surface area contributed by atoms with E-state index in [-0.39, 0.29) is 23.7 Å². The fourth-order valence-electron chi connectivity index (χ4n) is 1.63. The van der Waals surface area contributed by atoms with Crippen LogP contribution in [0.25, 0.3) is 0 Å². The molecule has 0 aliphatic heterocycles. The molecular weight excluding hydrogens is 216 g/mol. The van der Waals surface area contributed by atoms with E-state index in [4.69, 9.17) is 0 Å². The van der Waals surface area contributed by atoms with Gasteiger partial charge in [0.2, 0.25) is 0 Å². The maximum atomic E-state index is 11.9. The first-order valence-corrected chi connectivity index (χ1v) is 6.32. The number of carbonyl (C=O) groups is 1. The first kappa shape index (κ1) is 16.6. The zero-order valence-corrected chi connectivity index (χ0v) is 12.1. The summed E-state index contributed by atoms with van der Waals surface area (Å²) >= 11 is 0. The molecule has 0 rings (SSSR count). The van der Waals surface area contributed by atoms with Gasteiger partial charge < -0.3 is 10.2 Å². The molecule has 0 bridgehead atoms. The number of hydrogen-bond acceptors (Lipinski definition) is 3. The molecule has 0 aromatic carbocycles. The molecule has 17 heavy (non-hydrogen) atoms. The summed E-state index contributed by atoms with van der Waals surface area (Å²) < 4.78 is 0. The van der Waals surface area contributed by atoms with Crippen molar-refractivity contribution in [2.24, 2.45) is 16.7 Å². The highest BCUT2D eigenvalue weighted by Crippen LogP contribution is 2.27. The van der Waals surface area contributed by atoms with Crippen molar-refractivity contribution in [2.45, 2.75) is 60.5 Å². The van der Waals surface area contributed by atoms with Crippen LogP contribution in [0.2, 0.25) is 0 Å².